The van der Waals surface area contributed by atoms with Crippen LogP contribution in [0.2, 0.25) is 0 Å². The van der Waals surface area contributed by atoms with Gasteiger partial charge in [0.05, 0.1) is 13.2 Å². The highest BCUT2D eigenvalue weighted by Crippen LogP contribution is 2.08. The lowest BCUT2D eigenvalue weighted by Gasteiger charge is -2.07. The standard InChI is InChI=1S/C14H21N3O3S/c1-2-3-8-20-9-7-17-21(18,19)14-10-13(5-4-6-15)11-16-12-14/h10-12,17H,2-3,6-9,15H2,1H3. The van der Waals surface area contributed by atoms with Gasteiger partial charge in [-0.3, -0.25) is 4.98 Å². The van der Waals surface area contributed by atoms with Crippen molar-refractivity contribution >= 4 is 10.0 Å². The molecule has 0 bridgehead atoms. The van der Waals surface area contributed by atoms with E-state index in [2.05, 4.69) is 28.5 Å². The Bertz CT molecular complexity index is 591. The summed E-state index contributed by atoms with van der Waals surface area (Å²) < 4.78 is 31.9. The second kappa shape index (κ2) is 9.47. The Morgan fingerprint density at radius 1 is 1.38 bits per heavy atom. The fourth-order valence-electron chi connectivity index (χ4n) is 1.47. The van der Waals surface area contributed by atoms with Crippen molar-refractivity contribution in [3.63, 3.8) is 0 Å². The molecule has 0 saturated heterocycles. The molecule has 1 heterocycles. The SMILES string of the molecule is CCCCOCCNS(=O)(=O)c1cncc(C#CCN)c1. The number of nitrogens with zero attached hydrogens (tertiary/aromatic N) is 1. The molecule has 0 radical (unpaired) electrons. The van der Waals surface area contributed by atoms with Crippen LogP contribution in [0.25, 0.3) is 0 Å². The quantitative estimate of drug-likeness (QED) is 0.538. The van der Waals surface area contributed by atoms with Crippen molar-refractivity contribution in [1.82, 2.24) is 9.71 Å². The molecule has 0 aliphatic carbocycles. The van der Waals surface area contributed by atoms with Crippen LogP contribution in [0.15, 0.2) is 23.4 Å². The van der Waals surface area contributed by atoms with Gasteiger partial charge in [0.15, 0.2) is 0 Å². The number of unbranched alkanes of at least 4 members (excludes halogenated alkanes) is 1. The maximum Gasteiger partial charge on any atom is 0.242 e. The second-order valence-electron chi connectivity index (χ2n) is 4.28. The molecule has 0 aliphatic rings. The van der Waals surface area contributed by atoms with E-state index < -0.39 is 10.0 Å². The summed E-state index contributed by atoms with van der Waals surface area (Å²) in [4.78, 5) is 3.96. The van der Waals surface area contributed by atoms with Gasteiger partial charge in [0.25, 0.3) is 0 Å². The van der Waals surface area contributed by atoms with Gasteiger partial charge in [0.1, 0.15) is 4.90 Å². The number of aromatic nitrogens is 1. The predicted octanol–water partition coefficient (Wildman–Crippen LogP) is 0.487. The topological polar surface area (TPSA) is 94.3 Å². The van der Waals surface area contributed by atoms with Crippen LogP contribution in [0.4, 0.5) is 0 Å². The first-order valence-electron chi connectivity index (χ1n) is 6.81. The summed E-state index contributed by atoms with van der Waals surface area (Å²) in [6.45, 7) is 3.50. The number of hydrogen-bond acceptors (Lipinski definition) is 5. The molecule has 0 saturated carbocycles. The van der Waals surface area contributed by atoms with Gasteiger partial charge in [-0.1, -0.05) is 25.2 Å². The van der Waals surface area contributed by atoms with E-state index in [0.717, 1.165) is 12.8 Å². The smallest absolute Gasteiger partial charge is 0.242 e. The third-order valence-corrected chi connectivity index (χ3v) is 3.97. The van der Waals surface area contributed by atoms with Crippen molar-refractivity contribution < 1.29 is 13.2 Å². The number of pyridine rings is 1. The van der Waals surface area contributed by atoms with E-state index in [1.807, 2.05) is 0 Å². The molecule has 0 aromatic carbocycles. The third kappa shape index (κ3) is 6.69. The van der Waals surface area contributed by atoms with E-state index in [-0.39, 0.29) is 18.0 Å². The average molecular weight is 311 g/mol. The normalized spacial score (nSPS) is 11.0. The van der Waals surface area contributed by atoms with Crippen molar-refractivity contribution in [3.05, 3.63) is 24.0 Å². The molecule has 1 aromatic rings. The van der Waals surface area contributed by atoms with Crippen LogP contribution in [0.5, 0.6) is 0 Å². The highest BCUT2D eigenvalue weighted by atomic mass is 32.2. The summed E-state index contributed by atoms with van der Waals surface area (Å²) in [5.41, 5.74) is 5.79. The second-order valence-corrected chi connectivity index (χ2v) is 6.05. The summed E-state index contributed by atoms with van der Waals surface area (Å²) in [5.74, 6) is 5.41. The molecule has 7 heteroatoms. The fraction of sp³-hybridized carbons (Fsp3) is 0.500. The molecule has 116 valence electrons. The molecule has 0 fully saturated rings. The first-order valence-corrected chi connectivity index (χ1v) is 8.30. The zero-order valence-electron chi connectivity index (χ0n) is 12.1. The fourth-order valence-corrected chi connectivity index (χ4v) is 2.47. The maximum atomic E-state index is 12.1. The van der Waals surface area contributed by atoms with Crippen molar-refractivity contribution in [3.8, 4) is 11.8 Å². The Balaban J connectivity index is 2.57. The van der Waals surface area contributed by atoms with Gasteiger partial charge >= 0.3 is 0 Å². The van der Waals surface area contributed by atoms with Gasteiger partial charge in [-0.05, 0) is 12.5 Å². The van der Waals surface area contributed by atoms with Crippen molar-refractivity contribution in [2.45, 2.75) is 24.7 Å². The van der Waals surface area contributed by atoms with Crippen molar-refractivity contribution in [1.29, 1.82) is 0 Å². The zero-order chi connectivity index (χ0) is 15.6. The van der Waals surface area contributed by atoms with E-state index in [9.17, 15) is 8.42 Å². The van der Waals surface area contributed by atoms with Crippen molar-refractivity contribution in [2.75, 3.05) is 26.3 Å². The molecule has 1 aromatic heterocycles. The van der Waals surface area contributed by atoms with Gasteiger partial charge in [0.2, 0.25) is 10.0 Å². The molecule has 1 rings (SSSR count). The van der Waals surface area contributed by atoms with E-state index in [1.54, 1.807) is 0 Å². The summed E-state index contributed by atoms with van der Waals surface area (Å²) in [7, 11) is -3.59. The molecule has 0 spiro atoms. The minimum atomic E-state index is -3.59. The summed E-state index contributed by atoms with van der Waals surface area (Å²) in [6, 6.07) is 1.47. The van der Waals surface area contributed by atoms with E-state index >= 15 is 0 Å². The highest BCUT2D eigenvalue weighted by molar-refractivity contribution is 7.89. The van der Waals surface area contributed by atoms with Gasteiger partial charge in [-0.2, -0.15) is 0 Å². The number of ether oxygens (including phenoxy) is 1. The Labute approximate surface area is 126 Å². The number of sulfonamides is 1. The van der Waals surface area contributed by atoms with Crippen molar-refractivity contribution in [2.24, 2.45) is 5.73 Å². The third-order valence-electron chi connectivity index (χ3n) is 2.54. The lowest BCUT2D eigenvalue weighted by Crippen LogP contribution is -2.27. The Kier molecular flexibility index (Phi) is 7.93. The van der Waals surface area contributed by atoms with Crippen LogP contribution >= 0.6 is 0 Å². The Hall–Kier alpha value is -1.46. The van der Waals surface area contributed by atoms with Gasteiger partial charge < -0.3 is 10.5 Å². The molecule has 0 unspecified atom stereocenters. The predicted molar refractivity (Wildman–Crippen MR) is 81.1 cm³/mol. The Morgan fingerprint density at radius 3 is 2.90 bits per heavy atom. The van der Waals surface area contributed by atoms with Crippen LogP contribution in [0.1, 0.15) is 25.3 Å². The molecular weight excluding hydrogens is 290 g/mol. The van der Waals surface area contributed by atoms with Gasteiger partial charge in [0, 0.05) is 31.1 Å². The molecule has 6 nitrogen and oxygen atoms in total. The lowest BCUT2D eigenvalue weighted by atomic mass is 10.3. The lowest BCUT2D eigenvalue weighted by molar-refractivity contribution is 0.136. The van der Waals surface area contributed by atoms with E-state index in [0.29, 0.717) is 18.8 Å². The van der Waals surface area contributed by atoms with Gasteiger partial charge in [-0.15, -0.1) is 0 Å². The number of rotatable bonds is 8. The summed E-state index contributed by atoms with van der Waals surface area (Å²) in [6.07, 6.45) is 4.80. The zero-order valence-corrected chi connectivity index (χ0v) is 12.9. The Morgan fingerprint density at radius 2 is 2.19 bits per heavy atom. The van der Waals surface area contributed by atoms with Crippen LogP contribution in [-0.2, 0) is 14.8 Å². The molecular formula is C14H21N3O3S. The number of nitrogens with one attached hydrogen (secondary N) is 1. The minimum Gasteiger partial charge on any atom is -0.380 e. The van der Waals surface area contributed by atoms with E-state index in [1.165, 1.54) is 18.5 Å². The highest BCUT2D eigenvalue weighted by Gasteiger charge is 2.14. The molecule has 0 aliphatic heterocycles. The minimum absolute atomic E-state index is 0.0832. The number of nitrogens with two attached hydrogens (primary N) is 1. The molecule has 0 amide bonds. The average Bonchev–Trinajstić information content (AvgIpc) is 2.49. The van der Waals surface area contributed by atoms with Crippen LogP contribution in [0.3, 0.4) is 0 Å². The largest absolute Gasteiger partial charge is 0.380 e. The van der Waals surface area contributed by atoms with Crippen LogP contribution in [0, 0.1) is 11.8 Å². The first-order chi connectivity index (χ1) is 10.1. The molecule has 0 atom stereocenters. The van der Waals surface area contributed by atoms with Crippen LogP contribution < -0.4 is 10.5 Å². The first kappa shape index (κ1) is 17.6. The van der Waals surface area contributed by atoms with Gasteiger partial charge in [-0.25, -0.2) is 13.1 Å². The monoisotopic (exact) mass is 311 g/mol. The summed E-state index contributed by atoms with van der Waals surface area (Å²) >= 11 is 0. The molecule has 3 N–H and O–H groups in total. The molecule has 21 heavy (non-hydrogen) atoms. The number of hydrogen-bond donors (Lipinski definition) is 2. The summed E-state index contributed by atoms with van der Waals surface area (Å²) in [5, 5.41) is 0. The van der Waals surface area contributed by atoms with E-state index in [4.69, 9.17) is 10.5 Å². The van der Waals surface area contributed by atoms with Crippen LogP contribution in [-0.4, -0.2) is 39.7 Å². The maximum absolute atomic E-state index is 12.1.